The summed E-state index contributed by atoms with van der Waals surface area (Å²) in [6, 6.07) is 14.8. The molecule has 5 rings (SSSR count). The van der Waals surface area contributed by atoms with E-state index in [1.807, 2.05) is 0 Å². The number of para-hydroxylation sites is 1. The minimum atomic E-state index is 0. The predicted molar refractivity (Wildman–Crippen MR) is 99.9 cm³/mol. The van der Waals surface area contributed by atoms with Crippen molar-refractivity contribution in [3.8, 4) is 11.5 Å². The number of halogens is 1. The van der Waals surface area contributed by atoms with Crippen LogP contribution < -0.4 is 42.9 Å². The van der Waals surface area contributed by atoms with Crippen LogP contribution in [0.2, 0.25) is 0 Å². The Morgan fingerprint density at radius 2 is 1.88 bits per heavy atom. The molecule has 0 N–H and O–H groups in total. The topological polar surface area (TPSA) is 25.6 Å². The number of aromatic nitrogens is 1. The molecule has 0 amide bonds. The summed E-state index contributed by atoms with van der Waals surface area (Å²) < 4.78 is 13.2. The molecule has 4 nitrogen and oxygen atoms in total. The molecule has 0 atom stereocenters. The fraction of sp³-hybridized carbons (Fsp3) is 0.150. The van der Waals surface area contributed by atoms with E-state index in [0.29, 0.717) is 6.79 Å². The minimum absolute atomic E-state index is 0. The largest absolute Gasteiger partial charge is 1.00 e. The maximum absolute atomic E-state index is 5.52. The van der Waals surface area contributed by atoms with Gasteiger partial charge in [-0.15, -0.1) is 0 Å². The summed E-state index contributed by atoms with van der Waals surface area (Å²) in [6.07, 6.45) is 4.36. The quantitative estimate of drug-likeness (QED) is 0.386. The van der Waals surface area contributed by atoms with Crippen molar-refractivity contribution in [2.45, 2.75) is 4.90 Å². The van der Waals surface area contributed by atoms with Gasteiger partial charge in [0, 0.05) is 36.2 Å². The molecule has 0 fully saturated rings. The van der Waals surface area contributed by atoms with Crippen molar-refractivity contribution >= 4 is 34.4 Å². The molecule has 0 saturated heterocycles. The van der Waals surface area contributed by atoms with E-state index in [1.54, 1.807) is 11.8 Å². The highest BCUT2D eigenvalue weighted by atomic mass is 127. The molecule has 0 aliphatic carbocycles. The zero-order valence-electron chi connectivity index (χ0n) is 14.4. The van der Waals surface area contributed by atoms with Crippen LogP contribution in [0.4, 0.5) is 5.69 Å². The predicted octanol–water partition coefficient (Wildman–Crippen LogP) is 0.937. The summed E-state index contributed by atoms with van der Waals surface area (Å²) in [7, 11) is 4.17. The molecule has 6 heteroatoms. The average Bonchev–Trinajstić information content (AvgIpc) is 3.20. The molecule has 3 heterocycles. The molecule has 2 aliphatic heterocycles. The van der Waals surface area contributed by atoms with Crippen LogP contribution in [0, 0.1) is 0 Å². The summed E-state index contributed by atoms with van der Waals surface area (Å²) in [5.74, 6) is 1.66. The number of aryl methyl sites for hydroxylation is 1. The average molecular weight is 476 g/mol. The highest BCUT2D eigenvalue weighted by Crippen LogP contribution is 2.51. The number of pyridine rings is 1. The first-order valence-electron chi connectivity index (χ1n) is 8.15. The van der Waals surface area contributed by atoms with Gasteiger partial charge < -0.3 is 38.4 Å². The first-order chi connectivity index (χ1) is 12.2. The Hall–Kier alpha value is -1.93. The molecule has 2 aromatic carbocycles. The van der Waals surface area contributed by atoms with E-state index in [9.17, 15) is 0 Å². The second-order valence-electron chi connectivity index (χ2n) is 6.22. The van der Waals surface area contributed by atoms with Crippen LogP contribution in [0.25, 0.3) is 17.0 Å². The summed E-state index contributed by atoms with van der Waals surface area (Å²) in [5, 5.41) is 2.44. The highest BCUT2D eigenvalue weighted by molar-refractivity contribution is 8.03. The van der Waals surface area contributed by atoms with E-state index in [4.69, 9.17) is 9.47 Å². The van der Waals surface area contributed by atoms with Crippen molar-refractivity contribution in [3.63, 3.8) is 0 Å². The molecule has 0 spiro atoms. The maximum Gasteiger partial charge on any atom is 0.231 e. The van der Waals surface area contributed by atoms with Crippen LogP contribution >= 0.6 is 11.8 Å². The van der Waals surface area contributed by atoms with Crippen LogP contribution in [0.15, 0.2) is 58.6 Å². The molecular weight excluding hydrogens is 459 g/mol. The number of anilines is 1. The van der Waals surface area contributed by atoms with Gasteiger partial charge >= 0.3 is 0 Å². The van der Waals surface area contributed by atoms with Crippen LogP contribution in [-0.2, 0) is 7.05 Å². The smallest absolute Gasteiger partial charge is 0.231 e. The molecule has 1 aromatic heterocycles. The van der Waals surface area contributed by atoms with Gasteiger partial charge in [-0.25, -0.2) is 4.57 Å². The van der Waals surface area contributed by atoms with Crippen LogP contribution in [0.1, 0.15) is 5.56 Å². The van der Waals surface area contributed by atoms with E-state index >= 15 is 0 Å². The van der Waals surface area contributed by atoms with E-state index in [-0.39, 0.29) is 24.0 Å². The Morgan fingerprint density at radius 3 is 2.73 bits per heavy atom. The molecule has 0 radical (unpaired) electrons. The van der Waals surface area contributed by atoms with Crippen molar-refractivity contribution in [1.82, 2.24) is 0 Å². The Kier molecular flexibility index (Phi) is 4.48. The second kappa shape index (κ2) is 6.66. The van der Waals surface area contributed by atoms with Crippen molar-refractivity contribution in [2.24, 2.45) is 7.05 Å². The molecule has 132 valence electrons. The first kappa shape index (κ1) is 17.5. The number of thioether (sulfide) groups is 1. The number of fused-ring (bicyclic) bond motifs is 3. The van der Waals surface area contributed by atoms with Crippen LogP contribution in [0.5, 0.6) is 11.5 Å². The summed E-state index contributed by atoms with van der Waals surface area (Å²) >= 11 is 1.76. The fourth-order valence-electron chi connectivity index (χ4n) is 3.33. The third kappa shape index (κ3) is 2.72. The normalized spacial score (nSPS) is 16.1. The Labute approximate surface area is 173 Å². The van der Waals surface area contributed by atoms with Crippen LogP contribution in [-0.4, -0.2) is 13.8 Å². The first-order valence-corrected chi connectivity index (χ1v) is 8.97. The molecule has 0 saturated carbocycles. The van der Waals surface area contributed by atoms with Gasteiger partial charge in [0.15, 0.2) is 17.7 Å². The third-order valence-electron chi connectivity index (χ3n) is 4.71. The van der Waals surface area contributed by atoms with Gasteiger partial charge in [0.2, 0.25) is 12.3 Å². The molecule has 2 aliphatic rings. The van der Waals surface area contributed by atoms with Crippen molar-refractivity contribution in [3.05, 3.63) is 59.3 Å². The molecule has 0 bridgehead atoms. The van der Waals surface area contributed by atoms with Crippen molar-refractivity contribution in [2.75, 3.05) is 18.7 Å². The SMILES string of the molecule is CN1/C(=C/c2cc[n+](C)c3ccccc23)Sc2cc3c(cc21)OCO3.[I-]. The van der Waals surface area contributed by atoms with E-state index in [0.717, 1.165) is 17.2 Å². The van der Waals surface area contributed by atoms with Gasteiger partial charge in [0.05, 0.1) is 16.1 Å². The van der Waals surface area contributed by atoms with Crippen molar-refractivity contribution in [1.29, 1.82) is 0 Å². The van der Waals surface area contributed by atoms with Gasteiger partial charge in [0.1, 0.15) is 7.05 Å². The van der Waals surface area contributed by atoms with Gasteiger partial charge in [-0.3, -0.25) is 0 Å². The standard InChI is InChI=1S/C20H17N2O2S.HI/c1-21-8-7-13(14-5-3-4-6-15(14)21)9-20-22(2)16-10-17-18(24-12-23-17)11-19(16)25-20;/h3-11H,12H2,1-2H3;1H/q+1;/p-1. The summed E-state index contributed by atoms with van der Waals surface area (Å²) in [5.41, 5.74) is 3.60. The zero-order chi connectivity index (χ0) is 17.0. The number of nitrogens with zero attached hydrogens (tertiary/aromatic N) is 2. The number of hydrogen-bond donors (Lipinski definition) is 0. The van der Waals surface area contributed by atoms with E-state index in [1.165, 1.54) is 26.4 Å². The monoisotopic (exact) mass is 476 g/mol. The van der Waals surface area contributed by atoms with Crippen LogP contribution in [0.3, 0.4) is 0 Å². The minimum Gasteiger partial charge on any atom is -1.00 e. The molecular formula is C20H17IN2O2S. The van der Waals surface area contributed by atoms with Crippen molar-refractivity contribution < 1.29 is 38.0 Å². The lowest BCUT2D eigenvalue weighted by Gasteiger charge is -2.14. The zero-order valence-corrected chi connectivity index (χ0v) is 17.4. The Morgan fingerprint density at radius 1 is 1.12 bits per heavy atom. The lowest BCUT2D eigenvalue weighted by atomic mass is 10.1. The Balaban J connectivity index is 0.00000168. The van der Waals surface area contributed by atoms with Gasteiger partial charge in [-0.05, 0) is 17.7 Å². The molecule has 3 aromatic rings. The van der Waals surface area contributed by atoms with Gasteiger partial charge in [0.25, 0.3) is 0 Å². The third-order valence-corrected chi connectivity index (χ3v) is 5.86. The van der Waals surface area contributed by atoms with Gasteiger partial charge in [-0.2, -0.15) is 0 Å². The highest BCUT2D eigenvalue weighted by Gasteiger charge is 2.27. The fourth-order valence-corrected chi connectivity index (χ4v) is 4.44. The molecule has 0 unspecified atom stereocenters. The second-order valence-corrected chi connectivity index (χ2v) is 7.28. The number of benzene rings is 2. The lowest BCUT2D eigenvalue weighted by molar-refractivity contribution is -0.644. The maximum atomic E-state index is 5.52. The number of rotatable bonds is 1. The van der Waals surface area contributed by atoms with E-state index < -0.39 is 0 Å². The van der Waals surface area contributed by atoms with Gasteiger partial charge in [-0.1, -0.05) is 23.9 Å². The molecule has 26 heavy (non-hydrogen) atoms. The summed E-state index contributed by atoms with van der Waals surface area (Å²) in [6.45, 7) is 0.308. The Bertz CT molecular complexity index is 1050. The van der Waals surface area contributed by atoms with E-state index in [2.05, 4.69) is 78.3 Å². The number of hydrogen-bond acceptors (Lipinski definition) is 4. The lowest BCUT2D eigenvalue weighted by Crippen LogP contribution is -3.00. The summed E-state index contributed by atoms with van der Waals surface area (Å²) in [4.78, 5) is 3.41. The number of ether oxygens (including phenoxy) is 2.